The predicted molar refractivity (Wildman–Crippen MR) is 61.5 cm³/mol. The van der Waals surface area contributed by atoms with Crippen molar-refractivity contribution in [2.45, 2.75) is 26.1 Å². The van der Waals surface area contributed by atoms with Crippen LogP contribution in [-0.4, -0.2) is 40.4 Å². The standard InChI is InChI=1S/C10H15F3N4O/c1-3-14-9-16-6(2)4-8(17-9)15-5-7(18)10(11,12)13/h4,7,18H,3,5H2,1-2H3,(H2,14,15,16,17). The minimum absolute atomic E-state index is 0.238. The first-order valence-electron chi connectivity index (χ1n) is 5.41. The van der Waals surface area contributed by atoms with Crippen LogP contribution < -0.4 is 10.6 Å². The zero-order chi connectivity index (χ0) is 13.8. The molecule has 18 heavy (non-hydrogen) atoms. The molecule has 0 spiro atoms. The molecule has 0 amide bonds. The highest BCUT2D eigenvalue weighted by Crippen LogP contribution is 2.20. The molecule has 1 unspecified atom stereocenters. The summed E-state index contributed by atoms with van der Waals surface area (Å²) in [5.41, 5.74) is 0.616. The molecule has 0 radical (unpaired) electrons. The fourth-order valence-electron chi connectivity index (χ4n) is 1.21. The highest BCUT2D eigenvalue weighted by Gasteiger charge is 2.37. The smallest absolute Gasteiger partial charge is 0.382 e. The number of aliphatic hydroxyl groups is 1. The number of nitrogens with one attached hydrogen (secondary N) is 2. The molecule has 1 atom stereocenters. The quantitative estimate of drug-likeness (QED) is 0.752. The lowest BCUT2D eigenvalue weighted by Crippen LogP contribution is -2.35. The Hall–Kier alpha value is -1.57. The van der Waals surface area contributed by atoms with Gasteiger partial charge in [-0.15, -0.1) is 0 Å². The number of halogens is 3. The topological polar surface area (TPSA) is 70.1 Å². The third-order valence-corrected chi connectivity index (χ3v) is 2.04. The molecule has 0 aromatic carbocycles. The molecule has 3 N–H and O–H groups in total. The van der Waals surface area contributed by atoms with Crippen molar-refractivity contribution in [3.63, 3.8) is 0 Å². The molecule has 1 heterocycles. The van der Waals surface area contributed by atoms with Crippen LogP contribution in [0.1, 0.15) is 12.6 Å². The van der Waals surface area contributed by atoms with Crippen molar-refractivity contribution in [3.8, 4) is 0 Å². The van der Waals surface area contributed by atoms with Gasteiger partial charge in [0, 0.05) is 18.3 Å². The van der Waals surface area contributed by atoms with Crippen LogP contribution in [0.3, 0.4) is 0 Å². The fraction of sp³-hybridized carbons (Fsp3) is 0.600. The number of nitrogens with zero attached hydrogens (tertiary/aromatic N) is 2. The van der Waals surface area contributed by atoms with Gasteiger partial charge in [-0.3, -0.25) is 0 Å². The lowest BCUT2D eigenvalue weighted by atomic mass is 10.3. The number of hydrogen-bond acceptors (Lipinski definition) is 5. The maximum absolute atomic E-state index is 12.1. The van der Waals surface area contributed by atoms with Crippen LogP contribution in [-0.2, 0) is 0 Å². The average molecular weight is 264 g/mol. The van der Waals surface area contributed by atoms with Gasteiger partial charge in [-0.1, -0.05) is 0 Å². The fourth-order valence-corrected chi connectivity index (χ4v) is 1.21. The molecule has 0 saturated carbocycles. The van der Waals surface area contributed by atoms with E-state index in [-0.39, 0.29) is 5.82 Å². The maximum atomic E-state index is 12.1. The van der Waals surface area contributed by atoms with Gasteiger partial charge in [0.25, 0.3) is 0 Å². The first-order chi connectivity index (χ1) is 8.32. The highest BCUT2D eigenvalue weighted by molar-refractivity contribution is 5.42. The summed E-state index contributed by atoms with van der Waals surface area (Å²) in [6.45, 7) is 3.51. The van der Waals surface area contributed by atoms with Gasteiger partial charge >= 0.3 is 6.18 Å². The molecule has 1 rings (SSSR count). The Bertz CT molecular complexity index is 397. The van der Waals surface area contributed by atoms with Gasteiger partial charge in [0.15, 0.2) is 6.10 Å². The van der Waals surface area contributed by atoms with Crippen LogP contribution in [0.2, 0.25) is 0 Å². The Kier molecular flexibility index (Phi) is 4.71. The first-order valence-corrected chi connectivity index (χ1v) is 5.41. The lowest BCUT2D eigenvalue weighted by molar-refractivity contribution is -0.198. The van der Waals surface area contributed by atoms with Gasteiger partial charge in [0.2, 0.25) is 5.95 Å². The van der Waals surface area contributed by atoms with Crippen molar-refractivity contribution in [1.29, 1.82) is 0 Å². The van der Waals surface area contributed by atoms with E-state index in [2.05, 4.69) is 20.6 Å². The molecule has 1 aromatic rings. The average Bonchev–Trinajstić information content (AvgIpc) is 2.24. The largest absolute Gasteiger partial charge is 0.416 e. The van der Waals surface area contributed by atoms with E-state index in [9.17, 15) is 13.2 Å². The monoisotopic (exact) mass is 264 g/mol. The second kappa shape index (κ2) is 5.85. The third-order valence-electron chi connectivity index (χ3n) is 2.04. The summed E-state index contributed by atoms with van der Waals surface area (Å²) >= 11 is 0. The third kappa shape index (κ3) is 4.36. The summed E-state index contributed by atoms with van der Waals surface area (Å²) in [6.07, 6.45) is -7.06. The summed E-state index contributed by atoms with van der Waals surface area (Å²) in [4.78, 5) is 8.02. The van der Waals surface area contributed by atoms with E-state index in [4.69, 9.17) is 5.11 Å². The van der Waals surface area contributed by atoms with Crippen molar-refractivity contribution in [2.24, 2.45) is 0 Å². The Labute approximate surface area is 102 Å². The number of rotatable bonds is 5. The first kappa shape index (κ1) is 14.5. The summed E-state index contributed by atoms with van der Waals surface area (Å²) in [5, 5.41) is 14.1. The molecular weight excluding hydrogens is 249 g/mol. The minimum Gasteiger partial charge on any atom is -0.382 e. The van der Waals surface area contributed by atoms with Crippen LogP contribution in [0.5, 0.6) is 0 Å². The van der Waals surface area contributed by atoms with Crippen molar-refractivity contribution in [3.05, 3.63) is 11.8 Å². The van der Waals surface area contributed by atoms with Crippen molar-refractivity contribution >= 4 is 11.8 Å². The number of anilines is 2. The zero-order valence-corrected chi connectivity index (χ0v) is 10.0. The lowest BCUT2D eigenvalue weighted by Gasteiger charge is -2.15. The molecule has 0 fully saturated rings. The summed E-state index contributed by atoms with van der Waals surface area (Å²) in [7, 11) is 0. The Morgan fingerprint density at radius 2 is 2.00 bits per heavy atom. The Morgan fingerprint density at radius 1 is 1.33 bits per heavy atom. The van der Waals surface area contributed by atoms with E-state index in [0.29, 0.717) is 18.2 Å². The molecule has 0 aliphatic heterocycles. The molecule has 0 aliphatic rings. The Balaban J connectivity index is 2.67. The van der Waals surface area contributed by atoms with Gasteiger partial charge in [-0.25, -0.2) is 4.98 Å². The number of aryl methyl sites for hydroxylation is 1. The van der Waals surface area contributed by atoms with E-state index < -0.39 is 18.8 Å². The van der Waals surface area contributed by atoms with Crippen molar-refractivity contribution in [1.82, 2.24) is 9.97 Å². The van der Waals surface area contributed by atoms with Gasteiger partial charge in [0.05, 0.1) is 6.54 Å². The number of aromatic nitrogens is 2. The van der Waals surface area contributed by atoms with Crippen LogP contribution in [0.4, 0.5) is 24.9 Å². The number of hydrogen-bond donors (Lipinski definition) is 3. The van der Waals surface area contributed by atoms with E-state index in [1.807, 2.05) is 6.92 Å². The normalized spacial score (nSPS) is 13.2. The van der Waals surface area contributed by atoms with Gasteiger partial charge in [-0.2, -0.15) is 18.2 Å². The van der Waals surface area contributed by atoms with Crippen LogP contribution in [0.15, 0.2) is 6.07 Å². The predicted octanol–water partition coefficient (Wildman–Crippen LogP) is 1.55. The van der Waals surface area contributed by atoms with Crippen molar-refractivity contribution < 1.29 is 18.3 Å². The minimum atomic E-state index is -4.64. The van der Waals surface area contributed by atoms with E-state index in [1.54, 1.807) is 6.92 Å². The molecule has 8 heteroatoms. The van der Waals surface area contributed by atoms with E-state index in [0.717, 1.165) is 0 Å². The van der Waals surface area contributed by atoms with Crippen LogP contribution in [0, 0.1) is 6.92 Å². The van der Waals surface area contributed by atoms with Gasteiger partial charge < -0.3 is 15.7 Å². The van der Waals surface area contributed by atoms with Crippen LogP contribution in [0.25, 0.3) is 0 Å². The molecule has 1 aromatic heterocycles. The van der Waals surface area contributed by atoms with E-state index >= 15 is 0 Å². The van der Waals surface area contributed by atoms with Gasteiger partial charge in [0.1, 0.15) is 5.82 Å². The summed E-state index contributed by atoms with van der Waals surface area (Å²) < 4.78 is 36.3. The maximum Gasteiger partial charge on any atom is 0.416 e. The summed E-state index contributed by atoms with van der Waals surface area (Å²) in [6, 6.07) is 1.50. The summed E-state index contributed by atoms with van der Waals surface area (Å²) in [5.74, 6) is 0.572. The highest BCUT2D eigenvalue weighted by atomic mass is 19.4. The van der Waals surface area contributed by atoms with Crippen molar-refractivity contribution in [2.75, 3.05) is 23.7 Å². The molecule has 0 aliphatic carbocycles. The molecule has 0 saturated heterocycles. The van der Waals surface area contributed by atoms with Gasteiger partial charge in [-0.05, 0) is 13.8 Å². The number of aliphatic hydroxyl groups excluding tert-OH is 1. The second-order valence-corrected chi connectivity index (χ2v) is 3.69. The molecule has 0 bridgehead atoms. The SMILES string of the molecule is CCNc1nc(C)cc(NCC(O)C(F)(F)F)n1. The zero-order valence-electron chi connectivity index (χ0n) is 10.0. The Morgan fingerprint density at radius 3 is 2.56 bits per heavy atom. The second-order valence-electron chi connectivity index (χ2n) is 3.69. The molecule has 5 nitrogen and oxygen atoms in total. The van der Waals surface area contributed by atoms with Crippen LogP contribution >= 0.6 is 0 Å². The molecule has 102 valence electrons. The van der Waals surface area contributed by atoms with E-state index in [1.165, 1.54) is 6.07 Å². The molecular formula is C10H15F3N4O. The number of alkyl halides is 3.